The van der Waals surface area contributed by atoms with E-state index in [1.165, 1.54) is 17.7 Å². The lowest BCUT2D eigenvalue weighted by Gasteiger charge is -2.27. The first-order chi connectivity index (χ1) is 13.0. The Morgan fingerprint density at radius 2 is 1.89 bits per heavy atom. The number of benzene rings is 2. The lowest BCUT2D eigenvalue weighted by molar-refractivity contribution is -0.384. The lowest BCUT2D eigenvalue weighted by atomic mass is 10.0. The Labute approximate surface area is 158 Å². The summed E-state index contributed by atoms with van der Waals surface area (Å²) >= 11 is 0. The van der Waals surface area contributed by atoms with Gasteiger partial charge in [-0.1, -0.05) is 12.1 Å². The summed E-state index contributed by atoms with van der Waals surface area (Å²) < 4.78 is 5.21. The maximum Gasteiger partial charge on any atom is 0.269 e. The molecule has 2 aromatic carbocycles. The van der Waals surface area contributed by atoms with Crippen LogP contribution < -0.4 is 9.64 Å². The summed E-state index contributed by atoms with van der Waals surface area (Å²) in [6, 6.07) is 14.2. The van der Waals surface area contributed by atoms with Crippen LogP contribution in [0.25, 0.3) is 0 Å². The number of nitro groups is 1. The summed E-state index contributed by atoms with van der Waals surface area (Å²) in [6.07, 6.45) is 2.06. The number of hydrogen-bond acceptors (Lipinski definition) is 5. The maximum absolute atomic E-state index is 12.7. The molecule has 1 amide bonds. The van der Waals surface area contributed by atoms with Gasteiger partial charge in [-0.3, -0.25) is 19.8 Å². The third-order valence-electron chi connectivity index (χ3n) is 5.02. The van der Waals surface area contributed by atoms with Gasteiger partial charge in [0.2, 0.25) is 5.91 Å². The number of carbonyl (C=O) groups is 1. The average molecular weight is 369 g/mol. The smallest absolute Gasteiger partial charge is 0.269 e. The number of amides is 1. The molecule has 1 heterocycles. The van der Waals surface area contributed by atoms with Crippen molar-refractivity contribution in [1.82, 2.24) is 4.90 Å². The van der Waals surface area contributed by atoms with E-state index in [1.54, 1.807) is 31.2 Å². The molecule has 27 heavy (non-hydrogen) atoms. The predicted molar refractivity (Wildman–Crippen MR) is 103 cm³/mol. The molecule has 7 nitrogen and oxygen atoms in total. The molecule has 1 aliphatic rings. The Morgan fingerprint density at radius 3 is 2.48 bits per heavy atom. The molecule has 0 bridgehead atoms. The normalized spacial score (nSPS) is 16.9. The maximum atomic E-state index is 12.7. The number of ether oxygens (including phenoxy) is 1. The molecule has 1 saturated heterocycles. The number of nitro benzene ring substituents is 1. The average Bonchev–Trinajstić information content (AvgIpc) is 3.15. The van der Waals surface area contributed by atoms with Crippen LogP contribution in [0.2, 0.25) is 0 Å². The van der Waals surface area contributed by atoms with Gasteiger partial charge in [0.15, 0.2) is 0 Å². The molecule has 1 fully saturated rings. The zero-order valence-electron chi connectivity index (χ0n) is 15.5. The Kier molecular flexibility index (Phi) is 5.71. The van der Waals surface area contributed by atoms with Crippen molar-refractivity contribution in [2.75, 3.05) is 32.1 Å². The zero-order chi connectivity index (χ0) is 19.4. The van der Waals surface area contributed by atoms with E-state index in [0.29, 0.717) is 12.2 Å². The number of hydrogen-bond donors (Lipinski definition) is 0. The number of non-ortho nitro benzene ring substituents is 1. The number of likely N-dealkylation sites (tertiary alicyclic amines) is 1. The SMILES string of the molecule is COc1ccc([C@@H]2CCCN2CC(=O)N(C)c2ccc([N+](=O)[O-])cc2)cc1. The predicted octanol–water partition coefficient (Wildman–Crippen LogP) is 3.40. The fourth-order valence-electron chi connectivity index (χ4n) is 3.44. The Morgan fingerprint density at radius 1 is 1.22 bits per heavy atom. The first-order valence-electron chi connectivity index (χ1n) is 8.88. The molecule has 3 rings (SSSR count). The van der Waals surface area contributed by atoms with Gasteiger partial charge in [-0.15, -0.1) is 0 Å². The largest absolute Gasteiger partial charge is 0.497 e. The van der Waals surface area contributed by atoms with Crippen LogP contribution in [0.1, 0.15) is 24.4 Å². The van der Waals surface area contributed by atoms with Crippen molar-refractivity contribution in [2.45, 2.75) is 18.9 Å². The van der Waals surface area contributed by atoms with E-state index >= 15 is 0 Å². The van der Waals surface area contributed by atoms with Gasteiger partial charge in [-0.25, -0.2) is 0 Å². The molecule has 2 aromatic rings. The first kappa shape index (κ1) is 18.8. The molecular weight excluding hydrogens is 346 g/mol. The highest BCUT2D eigenvalue weighted by Gasteiger charge is 2.28. The van der Waals surface area contributed by atoms with Crippen LogP contribution >= 0.6 is 0 Å². The third kappa shape index (κ3) is 4.25. The van der Waals surface area contributed by atoms with Crippen molar-refractivity contribution in [3.05, 3.63) is 64.2 Å². The summed E-state index contributed by atoms with van der Waals surface area (Å²) in [5, 5.41) is 10.8. The minimum absolute atomic E-state index is 0.0127. The van der Waals surface area contributed by atoms with Gasteiger partial charge in [0.05, 0.1) is 18.6 Å². The van der Waals surface area contributed by atoms with Crippen molar-refractivity contribution in [3.8, 4) is 5.75 Å². The highest BCUT2D eigenvalue weighted by molar-refractivity contribution is 5.94. The van der Waals surface area contributed by atoms with Crippen molar-refractivity contribution < 1.29 is 14.5 Å². The van der Waals surface area contributed by atoms with Gasteiger partial charge in [-0.2, -0.15) is 0 Å². The van der Waals surface area contributed by atoms with Gasteiger partial charge < -0.3 is 9.64 Å². The molecular formula is C20H23N3O4. The summed E-state index contributed by atoms with van der Waals surface area (Å²) in [4.78, 5) is 26.8. The van der Waals surface area contributed by atoms with Crippen molar-refractivity contribution in [3.63, 3.8) is 0 Å². The highest BCUT2D eigenvalue weighted by atomic mass is 16.6. The summed E-state index contributed by atoms with van der Waals surface area (Å²) in [5.41, 5.74) is 1.84. The van der Waals surface area contributed by atoms with E-state index in [-0.39, 0.29) is 17.6 Å². The second-order valence-corrected chi connectivity index (χ2v) is 6.63. The van der Waals surface area contributed by atoms with Gasteiger partial charge in [0.1, 0.15) is 5.75 Å². The molecule has 0 aliphatic carbocycles. The van der Waals surface area contributed by atoms with Crippen LogP contribution in [0.3, 0.4) is 0 Å². The van der Waals surface area contributed by atoms with Gasteiger partial charge in [0.25, 0.3) is 5.69 Å². The van der Waals surface area contributed by atoms with Gasteiger partial charge >= 0.3 is 0 Å². The number of carbonyl (C=O) groups excluding carboxylic acids is 1. The van der Waals surface area contributed by atoms with E-state index in [9.17, 15) is 14.9 Å². The second-order valence-electron chi connectivity index (χ2n) is 6.63. The zero-order valence-corrected chi connectivity index (χ0v) is 15.5. The van der Waals surface area contributed by atoms with Gasteiger partial charge in [-0.05, 0) is 49.2 Å². The van der Waals surface area contributed by atoms with Gasteiger partial charge in [0, 0.05) is 30.9 Å². The van der Waals surface area contributed by atoms with Crippen molar-refractivity contribution in [2.24, 2.45) is 0 Å². The monoisotopic (exact) mass is 369 g/mol. The van der Waals surface area contributed by atoms with Crippen LogP contribution in [-0.2, 0) is 4.79 Å². The number of nitrogens with zero attached hydrogens (tertiary/aromatic N) is 3. The standard InChI is InChI=1S/C20H23N3O4/c1-21(16-7-9-17(10-8-16)23(25)26)20(24)14-22-13-3-4-19(22)15-5-11-18(27-2)12-6-15/h5-12,19H,3-4,13-14H2,1-2H3/t19-/m0/s1. The molecule has 0 radical (unpaired) electrons. The lowest BCUT2D eigenvalue weighted by Crippen LogP contribution is -2.38. The summed E-state index contributed by atoms with van der Waals surface area (Å²) in [6.45, 7) is 1.18. The van der Waals surface area contributed by atoms with Crippen LogP contribution in [0, 0.1) is 10.1 Å². The first-order valence-corrected chi connectivity index (χ1v) is 8.88. The fourth-order valence-corrected chi connectivity index (χ4v) is 3.44. The Balaban J connectivity index is 1.67. The molecule has 7 heteroatoms. The number of anilines is 1. The third-order valence-corrected chi connectivity index (χ3v) is 5.02. The number of methoxy groups -OCH3 is 1. The Hall–Kier alpha value is -2.93. The second kappa shape index (κ2) is 8.18. The Bertz CT molecular complexity index is 805. The molecule has 0 N–H and O–H groups in total. The molecule has 0 saturated carbocycles. The number of likely N-dealkylation sites (N-methyl/N-ethyl adjacent to an activating group) is 1. The van der Waals surface area contributed by atoms with E-state index < -0.39 is 4.92 Å². The molecule has 1 aliphatic heterocycles. The van der Waals surface area contributed by atoms with Crippen LogP contribution in [0.4, 0.5) is 11.4 Å². The minimum atomic E-state index is -0.449. The van der Waals surface area contributed by atoms with Crippen molar-refractivity contribution in [1.29, 1.82) is 0 Å². The summed E-state index contributed by atoms with van der Waals surface area (Å²) in [5.74, 6) is 0.779. The number of rotatable bonds is 6. The van der Waals surface area contributed by atoms with E-state index in [1.807, 2.05) is 24.3 Å². The summed E-state index contributed by atoms with van der Waals surface area (Å²) in [7, 11) is 3.34. The molecule has 142 valence electrons. The minimum Gasteiger partial charge on any atom is -0.497 e. The molecule has 0 spiro atoms. The van der Waals surface area contributed by atoms with E-state index in [0.717, 1.165) is 25.1 Å². The van der Waals surface area contributed by atoms with Crippen LogP contribution in [0.15, 0.2) is 48.5 Å². The van der Waals surface area contributed by atoms with Crippen molar-refractivity contribution >= 4 is 17.3 Å². The molecule has 1 atom stereocenters. The van der Waals surface area contributed by atoms with E-state index in [4.69, 9.17) is 4.74 Å². The highest BCUT2D eigenvalue weighted by Crippen LogP contribution is 2.32. The van der Waals surface area contributed by atoms with Crippen LogP contribution in [-0.4, -0.2) is 43.0 Å². The quantitative estimate of drug-likeness (QED) is 0.576. The van der Waals surface area contributed by atoms with E-state index in [2.05, 4.69) is 4.90 Å². The topological polar surface area (TPSA) is 75.9 Å². The molecule has 0 aromatic heterocycles. The molecule has 0 unspecified atom stereocenters. The van der Waals surface area contributed by atoms with Crippen LogP contribution in [0.5, 0.6) is 5.75 Å². The fraction of sp³-hybridized carbons (Fsp3) is 0.350.